The summed E-state index contributed by atoms with van der Waals surface area (Å²) in [7, 11) is 0. The van der Waals surface area contributed by atoms with Crippen molar-refractivity contribution in [1.82, 2.24) is 0 Å². The van der Waals surface area contributed by atoms with E-state index in [9.17, 15) is 9.90 Å². The molecular weight excluding hydrogens is 222 g/mol. The van der Waals surface area contributed by atoms with Gasteiger partial charge < -0.3 is 20.7 Å². The summed E-state index contributed by atoms with van der Waals surface area (Å²) < 4.78 is 5.35. The number of benzene rings is 1. The highest BCUT2D eigenvalue weighted by molar-refractivity contribution is 5.94. The van der Waals surface area contributed by atoms with Crippen LogP contribution in [-0.4, -0.2) is 28.4 Å². The van der Waals surface area contributed by atoms with Gasteiger partial charge in [0.05, 0.1) is 17.8 Å². The van der Waals surface area contributed by atoms with Crippen LogP contribution in [0.15, 0.2) is 18.2 Å². The summed E-state index contributed by atoms with van der Waals surface area (Å²) in [4.78, 5) is 10.8. The molecule has 0 aromatic heterocycles. The second kappa shape index (κ2) is 5.05. The average molecular weight is 239 g/mol. The van der Waals surface area contributed by atoms with E-state index in [-0.39, 0.29) is 11.3 Å². The zero-order valence-corrected chi connectivity index (χ0v) is 9.93. The number of carboxylic acids is 1. The van der Waals surface area contributed by atoms with Crippen LogP contribution >= 0.6 is 0 Å². The Bertz CT molecular complexity index is 409. The SMILES string of the molecule is CC(C)(O)CCOc1ccc(N)c(C(=O)O)c1. The van der Waals surface area contributed by atoms with Crippen LogP contribution in [0.25, 0.3) is 0 Å². The minimum absolute atomic E-state index is 0.0192. The van der Waals surface area contributed by atoms with Gasteiger partial charge in [-0.25, -0.2) is 4.79 Å². The van der Waals surface area contributed by atoms with Crippen molar-refractivity contribution in [3.05, 3.63) is 23.8 Å². The van der Waals surface area contributed by atoms with Crippen LogP contribution in [0.2, 0.25) is 0 Å². The predicted molar refractivity (Wildman–Crippen MR) is 64.2 cm³/mol. The molecule has 0 saturated heterocycles. The molecule has 5 nitrogen and oxygen atoms in total. The van der Waals surface area contributed by atoms with Crippen LogP contribution in [0, 0.1) is 0 Å². The lowest BCUT2D eigenvalue weighted by atomic mass is 10.1. The third-order valence-corrected chi connectivity index (χ3v) is 2.24. The van der Waals surface area contributed by atoms with Crippen LogP contribution in [0.1, 0.15) is 30.6 Å². The highest BCUT2D eigenvalue weighted by atomic mass is 16.5. The van der Waals surface area contributed by atoms with Crippen LogP contribution in [-0.2, 0) is 0 Å². The molecule has 0 fully saturated rings. The Morgan fingerprint density at radius 2 is 2.12 bits per heavy atom. The zero-order chi connectivity index (χ0) is 13.1. The number of carbonyl (C=O) groups is 1. The van der Waals surface area contributed by atoms with E-state index in [1.54, 1.807) is 19.9 Å². The topological polar surface area (TPSA) is 92.8 Å². The molecular formula is C12H17NO4. The van der Waals surface area contributed by atoms with E-state index in [1.165, 1.54) is 12.1 Å². The maximum absolute atomic E-state index is 10.8. The molecule has 0 atom stereocenters. The third kappa shape index (κ3) is 4.32. The minimum Gasteiger partial charge on any atom is -0.493 e. The predicted octanol–water partition coefficient (Wildman–Crippen LogP) is 1.51. The molecule has 0 aliphatic heterocycles. The monoisotopic (exact) mass is 239 g/mol. The fraction of sp³-hybridized carbons (Fsp3) is 0.417. The summed E-state index contributed by atoms with van der Waals surface area (Å²) in [5, 5.41) is 18.4. The summed E-state index contributed by atoms with van der Waals surface area (Å²) >= 11 is 0. The van der Waals surface area contributed by atoms with E-state index >= 15 is 0 Å². The Morgan fingerprint density at radius 1 is 1.47 bits per heavy atom. The van der Waals surface area contributed by atoms with Crippen molar-refractivity contribution >= 4 is 11.7 Å². The first kappa shape index (κ1) is 13.3. The number of ether oxygens (including phenoxy) is 1. The van der Waals surface area contributed by atoms with E-state index in [0.717, 1.165) is 0 Å². The minimum atomic E-state index is -1.09. The normalized spacial score (nSPS) is 11.2. The zero-order valence-electron chi connectivity index (χ0n) is 9.93. The van der Waals surface area contributed by atoms with Crippen LogP contribution in [0.3, 0.4) is 0 Å². The number of carboxylic acid groups (broad SMARTS) is 1. The maximum Gasteiger partial charge on any atom is 0.337 e. The fourth-order valence-corrected chi connectivity index (χ4v) is 1.23. The van der Waals surface area contributed by atoms with Gasteiger partial charge in [0.1, 0.15) is 5.75 Å². The molecule has 0 heterocycles. The first-order valence-electron chi connectivity index (χ1n) is 5.27. The van der Waals surface area contributed by atoms with E-state index < -0.39 is 11.6 Å². The lowest BCUT2D eigenvalue weighted by molar-refractivity contribution is 0.0551. The second-order valence-corrected chi connectivity index (χ2v) is 4.47. The largest absolute Gasteiger partial charge is 0.493 e. The molecule has 0 bridgehead atoms. The third-order valence-electron chi connectivity index (χ3n) is 2.24. The first-order chi connectivity index (χ1) is 7.79. The Kier molecular flexibility index (Phi) is 3.96. The molecule has 1 aromatic rings. The number of aromatic carboxylic acids is 1. The fourth-order valence-electron chi connectivity index (χ4n) is 1.23. The number of rotatable bonds is 5. The summed E-state index contributed by atoms with van der Waals surface area (Å²) in [5.41, 5.74) is 4.93. The summed E-state index contributed by atoms with van der Waals surface area (Å²) in [6.07, 6.45) is 0.458. The number of hydrogen-bond acceptors (Lipinski definition) is 4. The molecule has 1 rings (SSSR count). The molecule has 0 saturated carbocycles. The van der Waals surface area contributed by atoms with E-state index in [2.05, 4.69) is 0 Å². The number of nitrogen functional groups attached to an aromatic ring is 1. The van der Waals surface area contributed by atoms with E-state index in [0.29, 0.717) is 18.8 Å². The molecule has 5 heteroatoms. The molecule has 1 aromatic carbocycles. The van der Waals surface area contributed by atoms with Crippen LogP contribution in [0.5, 0.6) is 5.75 Å². The van der Waals surface area contributed by atoms with Gasteiger partial charge in [-0.05, 0) is 32.0 Å². The molecule has 17 heavy (non-hydrogen) atoms. The molecule has 4 N–H and O–H groups in total. The van der Waals surface area contributed by atoms with Gasteiger partial charge in [0, 0.05) is 12.1 Å². The molecule has 0 aliphatic rings. The van der Waals surface area contributed by atoms with Crippen LogP contribution < -0.4 is 10.5 Å². The lowest BCUT2D eigenvalue weighted by Crippen LogP contribution is -2.21. The number of anilines is 1. The molecule has 0 amide bonds. The molecule has 0 spiro atoms. The van der Waals surface area contributed by atoms with Crippen molar-refractivity contribution in [2.24, 2.45) is 0 Å². The smallest absolute Gasteiger partial charge is 0.337 e. The average Bonchev–Trinajstić information content (AvgIpc) is 2.18. The Hall–Kier alpha value is -1.75. The van der Waals surface area contributed by atoms with Gasteiger partial charge in [-0.15, -0.1) is 0 Å². The Balaban J connectivity index is 2.67. The van der Waals surface area contributed by atoms with E-state index in [1.807, 2.05) is 0 Å². The highest BCUT2D eigenvalue weighted by Crippen LogP contribution is 2.20. The molecule has 0 unspecified atom stereocenters. The summed E-state index contributed by atoms with van der Waals surface area (Å²) in [6, 6.07) is 4.47. The van der Waals surface area contributed by atoms with Crippen molar-refractivity contribution in [1.29, 1.82) is 0 Å². The van der Waals surface area contributed by atoms with Crippen molar-refractivity contribution in [3.8, 4) is 5.75 Å². The van der Waals surface area contributed by atoms with Gasteiger partial charge >= 0.3 is 5.97 Å². The van der Waals surface area contributed by atoms with Gasteiger partial charge in [-0.2, -0.15) is 0 Å². The second-order valence-electron chi connectivity index (χ2n) is 4.47. The van der Waals surface area contributed by atoms with Gasteiger partial charge in [-0.1, -0.05) is 0 Å². The number of nitrogens with two attached hydrogens (primary N) is 1. The summed E-state index contributed by atoms with van der Waals surface area (Å²) in [6.45, 7) is 3.68. The maximum atomic E-state index is 10.8. The Morgan fingerprint density at radius 3 is 2.65 bits per heavy atom. The van der Waals surface area contributed by atoms with Crippen molar-refractivity contribution in [3.63, 3.8) is 0 Å². The Labute approximate surface area is 99.8 Å². The van der Waals surface area contributed by atoms with Gasteiger partial charge in [0.2, 0.25) is 0 Å². The van der Waals surface area contributed by atoms with E-state index in [4.69, 9.17) is 15.6 Å². The van der Waals surface area contributed by atoms with Gasteiger partial charge in [0.15, 0.2) is 0 Å². The van der Waals surface area contributed by atoms with Gasteiger partial charge in [0.25, 0.3) is 0 Å². The van der Waals surface area contributed by atoms with Crippen molar-refractivity contribution < 1.29 is 19.7 Å². The van der Waals surface area contributed by atoms with Crippen molar-refractivity contribution in [2.45, 2.75) is 25.9 Å². The lowest BCUT2D eigenvalue weighted by Gasteiger charge is -2.17. The molecule has 0 radical (unpaired) electrons. The molecule has 0 aliphatic carbocycles. The van der Waals surface area contributed by atoms with Gasteiger partial charge in [-0.3, -0.25) is 0 Å². The van der Waals surface area contributed by atoms with Crippen molar-refractivity contribution in [2.75, 3.05) is 12.3 Å². The summed E-state index contributed by atoms with van der Waals surface area (Å²) in [5.74, 6) is -0.656. The highest BCUT2D eigenvalue weighted by Gasteiger charge is 2.13. The standard InChI is InChI=1S/C12H17NO4/c1-12(2,16)5-6-17-8-3-4-10(13)9(7-8)11(14)15/h3-4,7,16H,5-6,13H2,1-2H3,(H,14,15). The first-order valence-corrected chi connectivity index (χ1v) is 5.27. The van der Waals surface area contributed by atoms with Crippen LogP contribution in [0.4, 0.5) is 5.69 Å². The number of hydrogen-bond donors (Lipinski definition) is 3. The number of aliphatic hydroxyl groups is 1. The molecule has 94 valence electrons. The quantitative estimate of drug-likeness (QED) is 0.677.